The highest BCUT2D eigenvalue weighted by Gasteiger charge is 2.23. The minimum atomic E-state index is -1.05. The number of benzene rings is 2. The van der Waals surface area contributed by atoms with Gasteiger partial charge >= 0.3 is 5.97 Å². The largest absolute Gasteiger partial charge is 0.449 e. The topological polar surface area (TPSA) is 102 Å². The van der Waals surface area contributed by atoms with E-state index >= 15 is 0 Å². The Kier molecular flexibility index (Phi) is 6.48. The van der Waals surface area contributed by atoms with E-state index in [1.165, 1.54) is 19.1 Å². The number of amides is 1. The van der Waals surface area contributed by atoms with E-state index in [-0.39, 0.29) is 11.3 Å². The highest BCUT2D eigenvalue weighted by molar-refractivity contribution is 5.98. The van der Waals surface area contributed by atoms with E-state index in [9.17, 15) is 19.7 Å². The summed E-state index contributed by atoms with van der Waals surface area (Å²) in [5.41, 5.74) is 1.17. The van der Waals surface area contributed by atoms with Gasteiger partial charge in [-0.25, -0.2) is 4.79 Å². The standard InChI is InChI=1S/C19H21N3O5/c1-13(18(23)20-12-14-7-5-4-6-8-14)27-19(24)16-11-15(22(25)26)9-10-17(16)21(2)3/h4-11,13H,12H2,1-3H3,(H,20,23)/t13-/m0/s1. The summed E-state index contributed by atoms with van der Waals surface area (Å²) >= 11 is 0. The van der Waals surface area contributed by atoms with Crippen molar-refractivity contribution in [1.82, 2.24) is 5.32 Å². The number of hydrogen-bond acceptors (Lipinski definition) is 6. The second-order valence-electron chi connectivity index (χ2n) is 6.10. The third-order valence-corrected chi connectivity index (χ3v) is 3.86. The van der Waals surface area contributed by atoms with Crippen LogP contribution in [0.3, 0.4) is 0 Å². The molecule has 0 saturated carbocycles. The first-order valence-electron chi connectivity index (χ1n) is 8.28. The molecule has 0 radical (unpaired) electrons. The number of hydrogen-bond donors (Lipinski definition) is 1. The molecule has 8 nitrogen and oxygen atoms in total. The Morgan fingerprint density at radius 3 is 2.44 bits per heavy atom. The van der Waals surface area contributed by atoms with Crippen LogP contribution in [-0.4, -0.2) is 37.0 Å². The lowest BCUT2D eigenvalue weighted by Gasteiger charge is -2.18. The molecular weight excluding hydrogens is 350 g/mol. The van der Waals surface area contributed by atoms with Crippen LogP contribution < -0.4 is 10.2 Å². The Labute approximate surface area is 156 Å². The zero-order chi connectivity index (χ0) is 20.0. The highest BCUT2D eigenvalue weighted by atomic mass is 16.6. The maximum atomic E-state index is 12.5. The molecule has 0 heterocycles. The number of nitrogens with zero attached hydrogens (tertiary/aromatic N) is 2. The average Bonchev–Trinajstić information content (AvgIpc) is 2.66. The van der Waals surface area contributed by atoms with E-state index in [0.29, 0.717) is 12.2 Å². The van der Waals surface area contributed by atoms with Crippen molar-refractivity contribution < 1.29 is 19.2 Å². The average molecular weight is 371 g/mol. The van der Waals surface area contributed by atoms with Gasteiger partial charge in [0, 0.05) is 32.8 Å². The number of carbonyl (C=O) groups excluding carboxylic acids is 2. The first-order valence-corrected chi connectivity index (χ1v) is 8.28. The number of nitro benzene ring substituents is 1. The van der Waals surface area contributed by atoms with Crippen molar-refractivity contribution in [2.75, 3.05) is 19.0 Å². The molecule has 0 aliphatic carbocycles. The van der Waals surface area contributed by atoms with Crippen LogP contribution in [0, 0.1) is 10.1 Å². The lowest BCUT2D eigenvalue weighted by molar-refractivity contribution is -0.384. The van der Waals surface area contributed by atoms with Gasteiger partial charge in [-0.05, 0) is 18.6 Å². The molecule has 2 aromatic carbocycles. The summed E-state index contributed by atoms with van der Waals surface area (Å²) in [6, 6.07) is 13.2. The van der Waals surface area contributed by atoms with Crippen LogP contribution in [0.2, 0.25) is 0 Å². The first kappa shape index (κ1) is 19.9. The van der Waals surface area contributed by atoms with Gasteiger partial charge in [-0.3, -0.25) is 14.9 Å². The zero-order valence-corrected chi connectivity index (χ0v) is 15.3. The lowest BCUT2D eigenvalue weighted by atomic mass is 10.1. The van der Waals surface area contributed by atoms with Crippen molar-refractivity contribution in [2.45, 2.75) is 19.6 Å². The fourth-order valence-corrected chi connectivity index (χ4v) is 2.40. The van der Waals surface area contributed by atoms with Gasteiger partial charge in [-0.15, -0.1) is 0 Å². The summed E-state index contributed by atoms with van der Waals surface area (Å²) in [5.74, 6) is -1.26. The van der Waals surface area contributed by atoms with E-state index in [1.807, 2.05) is 30.3 Å². The number of anilines is 1. The van der Waals surface area contributed by atoms with Gasteiger partial charge < -0.3 is 15.0 Å². The van der Waals surface area contributed by atoms with Crippen molar-refractivity contribution >= 4 is 23.3 Å². The molecule has 0 bridgehead atoms. The molecule has 0 fully saturated rings. The van der Waals surface area contributed by atoms with Gasteiger partial charge in [0.2, 0.25) is 0 Å². The van der Waals surface area contributed by atoms with Crippen LogP contribution in [-0.2, 0) is 16.1 Å². The molecular formula is C19H21N3O5. The zero-order valence-electron chi connectivity index (χ0n) is 15.3. The predicted octanol–water partition coefficient (Wildman–Crippen LogP) is 2.52. The Bertz CT molecular complexity index is 836. The molecule has 0 aliphatic heterocycles. The summed E-state index contributed by atoms with van der Waals surface area (Å²) < 4.78 is 5.21. The van der Waals surface area contributed by atoms with Crippen molar-refractivity contribution in [3.63, 3.8) is 0 Å². The Hall–Kier alpha value is -3.42. The second-order valence-corrected chi connectivity index (χ2v) is 6.10. The molecule has 8 heteroatoms. The van der Waals surface area contributed by atoms with E-state index in [4.69, 9.17) is 4.74 Å². The molecule has 0 saturated heterocycles. The fraction of sp³-hybridized carbons (Fsp3) is 0.263. The number of nitrogens with one attached hydrogen (secondary N) is 1. The first-order chi connectivity index (χ1) is 12.8. The van der Waals surface area contributed by atoms with E-state index < -0.39 is 22.9 Å². The summed E-state index contributed by atoms with van der Waals surface area (Å²) in [7, 11) is 3.40. The predicted molar refractivity (Wildman–Crippen MR) is 101 cm³/mol. The Morgan fingerprint density at radius 2 is 1.85 bits per heavy atom. The van der Waals surface area contributed by atoms with E-state index in [1.54, 1.807) is 19.0 Å². The molecule has 0 aliphatic rings. The minimum Gasteiger partial charge on any atom is -0.449 e. The molecule has 0 spiro atoms. The van der Waals surface area contributed by atoms with Gasteiger partial charge in [0.15, 0.2) is 6.10 Å². The van der Waals surface area contributed by atoms with Gasteiger partial charge in [0.25, 0.3) is 11.6 Å². The minimum absolute atomic E-state index is 0.0249. The van der Waals surface area contributed by atoms with Crippen molar-refractivity contribution in [1.29, 1.82) is 0 Å². The molecule has 2 rings (SSSR count). The smallest absolute Gasteiger partial charge is 0.341 e. The van der Waals surface area contributed by atoms with E-state index in [0.717, 1.165) is 11.6 Å². The molecule has 142 valence electrons. The molecule has 27 heavy (non-hydrogen) atoms. The molecule has 1 amide bonds. The quantitative estimate of drug-likeness (QED) is 0.456. The van der Waals surface area contributed by atoms with Crippen molar-refractivity contribution in [3.05, 3.63) is 69.8 Å². The molecule has 1 atom stereocenters. The number of ether oxygens (including phenoxy) is 1. The molecule has 1 N–H and O–H groups in total. The van der Waals surface area contributed by atoms with Gasteiger partial charge in [-0.2, -0.15) is 0 Å². The van der Waals surface area contributed by atoms with Crippen LogP contribution in [0.4, 0.5) is 11.4 Å². The van der Waals surface area contributed by atoms with Gasteiger partial charge in [0.1, 0.15) is 0 Å². The van der Waals surface area contributed by atoms with Crippen molar-refractivity contribution in [3.8, 4) is 0 Å². The second kappa shape index (κ2) is 8.79. The third kappa shape index (κ3) is 5.27. The van der Waals surface area contributed by atoms with Crippen LogP contribution in [0.5, 0.6) is 0 Å². The lowest BCUT2D eigenvalue weighted by Crippen LogP contribution is -2.35. The highest BCUT2D eigenvalue weighted by Crippen LogP contribution is 2.25. The maximum Gasteiger partial charge on any atom is 0.341 e. The fourth-order valence-electron chi connectivity index (χ4n) is 2.40. The Morgan fingerprint density at radius 1 is 1.19 bits per heavy atom. The normalized spacial score (nSPS) is 11.4. The van der Waals surface area contributed by atoms with Gasteiger partial charge in [0.05, 0.1) is 16.2 Å². The maximum absolute atomic E-state index is 12.5. The van der Waals surface area contributed by atoms with E-state index in [2.05, 4.69) is 5.32 Å². The number of carbonyl (C=O) groups is 2. The number of esters is 1. The van der Waals surface area contributed by atoms with Crippen LogP contribution in [0.1, 0.15) is 22.8 Å². The van der Waals surface area contributed by atoms with Crippen LogP contribution >= 0.6 is 0 Å². The Balaban J connectivity index is 2.07. The summed E-state index contributed by atoms with van der Waals surface area (Å²) in [6.07, 6.45) is -1.05. The van der Waals surface area contributed by atoms with Crippen LogP contribution in [0.25, 0.3) is 0 Å². The summed E-state index contributed by atoms with van der Waals surface area (Å²) in [6.45, 7) is 1.76. The SMILES string of the molecule is C[C@H](OC(=O)c1cc([N+](=O)[O-])ccc1N(C)C)C(=O)NCc1ccccc1. The molecule has 2 aromatic rings. The third-order valence-electron chi connectivity index (χ3n) is 3.86. The van der Waals surface area contributed by atoms with Gasteiger partial charge in [-0.1, -0.05) is 30.3 Å². The number of non-ortho nitro benzene ring substituents is 1. The number of nitro groups is 1. The summed E-state index contributed by atoms with van der Waals surface area (Å²) in [5, 5.41) is 13.7. The molecule has 0 unspecified atom stereocenters. The number of rotatable bonds is 7. The molecule has 0 aromatic heterocycles. The summed E-state index contributed by atoms with van der Waals surface area (Å²) in [4.78, 5) is 36.7. The van der Waals surface area contributed by atoms with Crippen LogP contribution in [0.15, 0.2) is 48.5 Å². The van der Waals surface area contributed by atoms with Crippen molar-refractivity contribution in [2.24, 2.45) is 0 Å². The monoisotopic (exact) mass is 371 g/mol.